The number of rotatable bonds is 7. The molecule has 1 aliphatic heterocycles. The molecular formula is C27H27F7N6O3S. The topological polar surface area (TPSA) is 133 Å². The highest BCUT2D eigenvalue weighted by atomic mass is 32.5. The van der Waals surface area contributed by atoms with E-state index in [-0.39, 0.29) is 49.1 Å². The predicted molar refractivity (Wildman–Crippen MR) is 144 cm³/mol. The van der Waals surface area contributed by atoms with Crippen molar-refractivity contribution in [3.8, 4) is 12.3 Å². The Labute approximate surface area is 247 Å². The molecule has 2 aliphatic rings. The highest BCUT2D eigenvalue weighted by molar-refractivity contribution is 8.45. The average molecular weight is 649 g/mol. The Morgan fingerprint density at radius 2 is 1.73 bits per heavy atom. The molecule has 2 heterocycles. The van der Waals surface area contributed by atoms with Crippen LogP contribution in [0.15, 0.2) is 47.6 Å². The number of halogens is 7. The molecule has 3 atom stereocenters. The van der Waals surface area contributed by atoms with Gasteiger partial charge in [0.05, 0.1) is 23.8 Å². The lowest BCUT2D eigenvalue weighted by Gasteiger charge is -2.41. The molecule has 2 fully saturated rings. The van der Waals surface area contributed by atoms with Gasteiger partial charge >= 0.3 is 10.2 Å². The summed E-state index contributed by atoms with van der Waals surface area (Å²) in [6.07, 6.45) is 2.24. The van der Waals surface area contributed by atoms with Gasteiger partial charge in [0.2, 0.25) is 11.8 Å². The molecule has 238 valence electrons. The van der Waals surface area contributed by atoms with Crippen LogP contribution in [-0.4, -0.2) is 57.0 Å². The molecule has 44 heavy (non-hydrogen) atoms. The van der Waals surface area contributed by atoms with Gasteiger partial charge in [-0.1, -0.05) is 19.4 Å². The van der Waals surface area contributed by atoms with Crippen molar-refractivity contribution < 1.29 is 42.9 Å². The third-order valence-corrected chi connectivity index (χ3v) is 8.73. The summed E-state index contributed by atoms with van der Waals surface area (Å²) in [5.74, 6) is -5.07. The van der Waals surface area contributed by atoms with Crippen molar-refractivity contribution in [1.29, 1.82) is 10.5 Å². The van der Waals surface area contributed by atoms with E-state index in [1.807, 2.05) is 6.07 Å². The van der Waals surface area contributed by atoms with E-state index in [0.29, 0.717) is 17.0 Å². The molecule has 1 saturated carbocycles. The van der Waals surface area contributed by atoms with Gasteiger partial charge in [-0.3, -0.25) is 24.4 Å². The monoisotopic (exact) mass is 648 g/mol. The molecule has 4 rings (SSSR count). The Balaban J connectivity index is 1.88. The van der Waals surface area contributed by atoms with Crippen LogP contribution in [0.1, 0.15) is 56.2 Å². The summed E-state index contributed by atoms with van der Waals surface area (Å²) in [6, 6.07) is 0.0302. The van der Waals surface area contributed by atoms with Gasteiger partial charge < -0.3 is 10.4 Å². The highest BCUT2D eigenvalue weighted by Gasteiger charge is 2.65. The van der Waals surface area contributed by atoms with Crippen molar-refractivity contribution in [3.05, 3.63) is 53.9 Å². The molecule has 3 unspecified atom stereocenters. The fourth-order valence-electron chi connectivity index (χ4n) is 5.41. The second kappa shape index (κ2) is 10.5. The van der Waals surface area contributed by atoms with Gasteiger partial charge in [0.25, 0.3) is 5.91 Å². The molecule has 1 aromatic carbocycles. The molecular weight excluding hydrogens is 621 g/mol. The first-order valence-electron chi connectivity index (χ1n) is 13.2. The van der Waals surface area contributed by atoms with Gasteiger partial charge in [-0.05, 0) is 50.1 Å². The number of nitrogens with one attached hydrogen (secondary N) is 1. The molecule has 1 aromatic heterocycles. The van der Waals surface area contributed by atoms with Crippen molar-refractivity contribution in [2.45, 2.75) is 73.6 Å². The van der Waals surface area contributed by atoms with E-state index >= 15 is 0 Å². The van der Waals surface area contributed by atoms with E-state index in [0.717, 1.165) is 11.1 Å². The van der Waals surface area contributed by atoms with Crippen molar-refractivity contribution in [2.24, 2.45) is 0 Å². The van der Waals surface area contributed by atoms with E-state index in [4.69, 9.17) is 0 Å². The minimum atomic E-state index is -10.2. The van der Waals surface area contributed by atoms with Crippen molar-refractivity contribution >= 4 is 27.7 Å². The second-order valence-corrected chi connectivity index (χ2v) is 13.6. The number of amides is 2. The normalized spacial score (nSPS) is 24.2. The lowest BCUT2D eigenvalue weighted by Crippen LogP contribution is -2.52. The Bertz CT molecular complexity index is 1530. The number of benzene rings is 1. The zero-order chi connectivity index (χ0) is 32.8. The van der Waals surface area contributed by atoms with Crippen molar-refractivity contribution in [3.63, 3.8) is 0 Å². The number of carbonyl (C=O) groups excluding carboxylic acids is 2. The molecule has 0 bridgehead atoms. The number of aliphatic hydroxyl groups is 1. The summed E-state index contributed by atoms with van der Waals surface area (Å²) in [7, 11) is -10.2. The fourth-order valence-corrected chi connectivity index (χ4v) is 6.06. The zero-order valence-corrected chi connectivity index (χ0v) is 23.9. The summed E-state index contributed by atoms with van der Waals surface area (Å²) in [5, 5.41) is 32.6. The van der Waals surface area contributed by atoms with Crippen LogP contribution in [0.4, 0.5) is 33.9 Å². The number of hydrogen-bond acceptors (Lipinski definition) is 7. The van der Waals surface area contributed by atoms with E-state index in [2.05, 4.69) is 10.3 Å². The zero-order valence-electron chi connectivity index (χ0n) is 23.1. The van der Waals surface area contributed by atoms with E-state index < -0.39 is 75.1 Å². The molecule has 17 heteroatoms. The van der Waals surface area contributed by atoms with Crippen LogP contribution < -0.4 is 10.2 Å². The summed E-state index contributed by atoms with van der Waals surface area (Å²) < 4.78 is 95.2. The number of pyridine rings is 1. The van der Waals surface area contributed by atoms with E-state index in [1.54, 1.807) is 6.19 Å². The molecule has 0 radical (unpaired) electrons. The first kappa shape index (κ1) is 32.8. The first-order valence-corrected chi connectivity index (χ1v) is 15.2. The molecule has 2 N–H and O–H groups in total. The lowest BCUT2D eigenvalue weighted by atomic mass is 9.91. The first-order chi connectivity index (χ1) is 20.1. The summed E-state index contributed by atoms with van der Waals surface area (Å²) in [6.45, 7) is 1.01. The van der Waals surface area contributed by atoms with Gasteiger partial charge in [-0.15, -0.1) is 0 Å². The van der Waals surface area contributed by atoms with Gasteiger partial charge in [0.15, 0.2) is 6.19 Å². The number of aromatic nitrogens is 1. The molecule has 1 aliphatic carbocycles. The second-order valence-electron chi connectivity index (χ2n) is 11.2. The smallest absolute Gasteiger partial charge is 0.310 e. The largest absolute Gasteiger partial charge is 0.388 e. The summed E-state index contributed by atoms with van der Waals surface area (Å²) >= 11 is 0. The SMILES string of the molecule is CC1(O)CC(C(=O)N(c2ccc(S(F)(F)(F)(F)F)cc2)C(C(=O)NC2CCC(F)(F)CC2)c2cnccc2C#N)N(C#N)C1. The Morgan fingerprint density at radius 1 is 1.11 bits per heavy atom. The van der Waals surface area contributed by atoms with Gasteiger partial charge in [-0.2, -0.15) is 10.5 Å². The van der Waals surface area contributed by atoms with Crippen LogP contribution in [0.3, 0.4) is 0 Å². The molecule has 2 aromatic rings. The molecule has 9 nitrogen and oxygen atoms in total. The number of likely N-dealkylation sites (tertiary alicyclic amines) is 1. The van der Waals surface area contributed by atoms with Crippen LogP contribution >= 0.6 is 10.2 Å². The quantitative estimate of drug-likeness (QED) is 0.291. The van der Waals surface area contributed by atoms with Crippen LogP contribution in [0.5, 0.6) is 0 Å². The number of alkyl halides is 2. The molecule has 0 spiro atoms. The lowest BCUT2D eigenvalue weighted by molar-refractivity contribution is -0.129. The average Bonchev–Trinajstić information content (AvgIpc) is 3.25. The van der Waals surface area contributed by atoms with Crippen LogP contribution in [0.2, 0.25) is 0 Å². The summed E-state index contributed by atoms with van der Waals surface area (Å²) in [5.41, 5.74) is -2.47. The Morgan fingerprint density at radius 3 is 2.27 bits per heavy atom. The molecule has 1 saturated heterocycles. The highest BCUT2D eigenvalue weighted by Crippen LogP contribution is 3.02. The summed E-state index contributed by atoms with van der Waals surface area (Å²) in [4.78, 5) is 31.3. The maximum atomic E-state index is 14.2. The van der Waals surface area contributed by atoms with Crippen molar-refractivity contribution in [2.75, 3.05) is 11.4 Å². The number of anilines is 1. The standard InChI is InChI=1S/C27H27F7N6O3S/c1-26(43)12-22(39(15-26)16-36)25(42)40(19-2-4-20(5-3-19)44(30,31,32,33)34)23(21-14-37-11-8-17(21)13-35)24(41)38-18-6-9-27(28,29)10-7-18/h2-5,8,11,14,18,22-23,43H,6-7,9-10,12,15H2,1H3,(H,38,41). The minimum Gasteiger partial charge on any atom is -0.388 e. The Hall–Kier alpha value is -4.09. The van der Waals surface area contributed by atoms with Gasteiger partial charge in [-0.25, -0.2) is 8.78 Å². The number of nitrogens with zero attached hydrogens (tertiary/aromatic N) is 5. The fraction of sp³-hybridized carbons (Fsp3) is 0.444. The van der Waals surface area contributed by atoms with Gasteiger partial charge in [0, 0.05) is 48.9 Å². The van der Waals surface area contributed by atoms with E-state index in [1.165, 1.54) is 19.2 Å². The predicted octanol–water partition coefficient (Wildman–Crippen LogP) is 5.69. The van der Waals surface area contributed by atoms with Crippen LogP contribution in [0, 0.1) is 22.8 Å². The van der Waals surface area contributed by atoms with Gasteiger partial charge in [0.1, 0.15) is 17.0 Å². The number of β-amino-alcohol motifs (C(OH)–C–C–N with tert-alkyl or cyclic N) is 1. The van der Waals surface area contributed by atoms with Crippen LogP contribution in [-0.2, 0) is 9.59 Å². The maximum Gasteiger partial charge on any atom is 0.310 e. The van der Waals surface area contributed by atoms with Crippen LogP contribution in [0.25, 0.3) is 0 Å². The van der Waals surface area contributed by atoms with E-state index in [9.17, 15) is 53.4 Å². The molecule has 2 amide bonds. The third kappa shape index (κ3) is 7.16. The third-order valence-electron chi connectivity index (χ3n) is 7.57. The van der Waals surface area contributed by atoms with Crippen molar-refractivity contribution in [1.82, 2.24) is 15.2 Å². The number of carbonyl (C=O) groups is 2. The Kier molecular flexibility index (Phi) is 7.85. The minimum absolute atomic E-state index is 0.0384. The number of nitriles is 2. The maximum absolute atomic E-state index is 14.2. The number of hydrogen-bond donors (Lipinski definition) is 2.